The molecular formula is C24H31NO4. The predicted molar refractivity (Wildman–Crippen MR) is 114 cm³/mol. The number of esters is 1. The molecule has 2 rings (SSSR count). The van der Waals surface area contributed by atoms with E-state index in [1.807, 2.05) is 37.3 Å². The highest BCUT2D eigenvalue weighted by Gasteiger charge is 2.30. The first-order valence-corrected chi connectivity index (χ1v) is 10.1. The van der Waals surface area contributed by atoms with Gasteiger partial charge in [0.2, 0.25) is 5.91 Å². The van der Waals surface area contributed by atoms with Crippen molar-refractivity contribution in [3.8, 4) is 5.75 Å². The highest BCUT2D eigenvalue weighted by Crippen LogP contribution is 2.23. The Morgan fingerprint density at radius 1 is 0.966 bits per heavy atom. The molecule has 2 unspecified atom stereocenters. The molecule has 0 spiro atoms. The molecule has 0 fully saturated rings. The number of hydrogen-bond acceptors (Lipinski definition) is 4. The van der Waals surface area contributed by atoms with Crippen molar-refractivity contribution in [3.05, 3.63) is 65.7 Å². The van der Waals surface area contributed by atoms with Gasteiger partial charge in [-0.15, -0.1) is 0 Å². The van der Waals surface area contributed by atoms with Crippen molar-refractivity contribution in [1.82, 2.24) is 5.32 Å². The van der Waals surface area contributed by atoms with Gasteiger partial charge in [0.15, 0.2) is 5.92 Å². The van der Waals surface area contributed by atoms with Crippen LogP contribution in [0.4, 0.5) is 0 Å². The lowest BCUT2D eigenvalue weighted by Crippen LogP contribution is -2.36. The van der Waals surface area contributed by atoms with E-state index >= 15 is 0 Å². The molecule has 0 aliphatic heterocycles. The topological polar surface area (TPSA) is 64.6 Å². The Kier molecular flexibility index (Phi) is 8.71. The molecular weight excluding hydrogens is 366 g/mol. The minimum atomic E-state index is -1.03. The summed E-state index contributed by atoms with van der Waals surface area (Å²) in [5.74, 6) is -0.809. The average Bonchev–Trinajstić information content (AvgIpc) is 2.74. The first-order chi connectivity index (χ1) is 14.0. The molecule has 0 bridgehead atoms. The molecule has 2 aromatic carbocycles. The van der Waals surface area contributed by atoms with Crippen LogP contribution < -0.4 is 10.1 Å². The van der Waals surface area contributed by atoms with E-state index in [0.717, 1.165) is 24.2 Å². The van der Waals surface area contributed by atoms with Crippen LogP contribution in [0.1, 0.15) is 56.7 Å². The van der Waals surface area contributed by atoms with Crippen LogP contribution in [-0.4, -0.2) is 25.6 Å². The molecule has 0 saturated heterocycles. The van der Waals surface area contributed by atoms with Crippen LogP contribution in [-0.2, 0) is 14.3 Å². The first-order valence-electron chi connectivity index (χ1n) is 10.1. The van der Waals surface area contributed by atoms with Gasteiger partial charge in [0, 0.05) is 0 Å². The fourth-order valence-corrected chi connectivity index (χ4v) is 3.21. The molecule has 156 valence electrons. The molecule has 0 heterocycles. The first kappa shape index (κ1) is 22.5. The van der Waals surface area contributed by atoms with Gasteiger partial charge in [0.1, 0.15) is 5.75 Å². The van der Waals surface area contributed by atoms with Crippen LogP contribution in [0.3, 0.4) is 0 Å². The summed E-state index contributed by atoms with van der Waals surface area (Å²) in [7, 11) is 1.29. The molecule has 3 atom stereocenters. The number of hydrogen-bond donors (Lipinski definition) is 1. The van der Waals surface area contributed by atoms with E-state index in [4.69, 9.17) is 9.47 Å². The summed E-state index contributed by atoms with van der Waals surface area (Å²) >= 11 is 0. The zero-order valence-corrected chi connectivity index (χ0v) is 17.7. The molecule has 1 amide bonds. The van der Waals surface area contributed by atoms with Crippen molar-refractivity contribution in [2.75, 3.05) is 13.7 Å². The second-order valence-electron chi connectivity index (χ2n) is 7.37. The number of methoxy groups -OCH3 is 1. The third-order valence-electron chi connectivity index (χ3n) is 4.89. The van der Waals surface area contributed by atoms with Gasteiger partial charge in [-0.3, -0.25) is 9.59 Å². The molecule has 29 heavy (non-hydrogen) atoms. The van der Waals surface area contributed by atoms with E-state index in [2.05, 4.69) is 19.2 Å². The number of benzene rings is 2. The molecule has 0 aromatic heterocycles. The van der Waals surface area contributed by atoms with Crippen molar-refractivity contribution < 1.29 is 19.1 Å². The number of rotatable bonds is 10. The Labute approximate surface area is 173 Å². The lowest BCUT2D eigenvalue weighted by Gasteiger charge is -2.20. The van der Waals surface area contributed by atoms with Gasteiger partial charge in [-0.25, -0.2) is 0 Å². The third-order valence-corrected chi connectivity index (χ3v) is 4.89. The van der Waals surface area contributed by atoms with Crippen LogP contribution in [0.15, 0.2) is 54.6 Å². The number of carbonyl (C=O) groups is 2. The van der Waals surface area contributed by atoms with Crippen LogP contribution in [0, 0.1) is 5.92 Å². The summed E-state index contributed by atoms with van der Waals surface area (Å²) in [6.07, 6.45) is 2.24. The maximum atomic E-state index is 12.9. The molecule has 1 N–H and O–H groups in total. The van der Waals surface area contributed by atoms with Crippen molar-refractivity contribution in [1.29, 1.82) is 0 Å². The van der Waals surface area contributed by atoms with Crippen molar-refractivity contribution >= 4 is 11.9 Å². The Balaban J connectivity index is 2.09. The molecule has 0 radical (unpaired) electrons. The van der Waals surface area contributed by atoms with Gasteiger partial charge in [0.05, 0.1) is 19.8 Å². The van der Waals surface area contributed by atoms with E-state index in [1.165, 1.54) is 7.11 Å². The number of amides is 1. The zero-order valence-electron chi connectivity index (χ0n) is 17.7. The normalized spacial score (nSPS) is 13.8. The highest BCUT2D eigenvalue weighted by atomic mass is 16.5. The highest BCUT2D eigenvalue weighted by molar-refractivity contribution is 6.03. The van der Waals surface area contributed by atoms with Crippen molar-refractivity contribution in [2.24, 2.45) is 5.92 Å². The lowest BCUT2D eigenvalue weighted by atomic mass is 9.97. The number of carbonyl (C=O) groups excluding carboxylic acids is 2. The predicted octanol–water partition coefficient (Wildman–Crippen LogP) is 4.64. The molecule has 5 nitrogen and oxygen atoms in total. The second kappa shape index (κ2) is 11.2. The van der Waals surface area contributed by atoms with E-state index in [1.54, 1.807) is 24.3 Å². The fraction of sp³-hybridized carbons (Fsp3) is 0.417. The Hall–Kier alpha value is -2.82. The van der Waals surface area contributed by atoms with Gasteiger partial charge in [0.25, 0.3) is 0 Å². The molecule has 5 heteroatoms. The SMILES string of the molecule is CCCC(C)COc1ccc(C(C(=O)N[C@H](C)c2ccccc2)C(=O)OC)cc1. The number of nitrogens with one attached hydrogen (secondary N) is 1. The van der Waals surface area contributed by atoms with Crippen LogP contribution in [0.25, 0.3) is 0 Å². The van der Waals surface area contributed by atoms with Crippen LogP contribution in [0.2, 0.25) is 0 Å². The smallest absolute Gasteiger partial charge is 0.322 e. The summed E-state index contributed by atoms with van der Waals surface area (Å²) in [4.78, 5) is 25.2. The standard InChI is InChI=1S/C24H31NO4/c1-5-9-17(2)16-29-21-14-12-20(13-15-21)22(24(27)28-4)23(26)25-18(3)19-10-7-6-8-11-19/h6-8,10-15,17-18,22H,5,9,16H2,1-4H3,(H,25,26)/t17?,18-,22?/m1/s1. The molecule has 0 aliphatic carbocycles. The summed E-state index contributed by atoms with van der Waals surface area (Å²) in [5, 5.41) is 2.91. The van der Waals surface area contributed by atoms with E-state index in [-0.39, 0.29) is 6.04 Å². The number of ether oxygens (including phenoxy) is 2. The van der Waals surface area contributed by atoms with E-state index in [9.17, 15) is 9.59 Å². The molecule has 0 aliphatic rings. The van der Waals surface area contributed by atoms with E-state index in [0.29, 0.717) is 18.1 Å². The Morgan fingerprint density at radius 2 is 1.62 bits per heavy atom. The largest absolute Gasteiger partial charge is 0.493 e. The van der Waals surface area contributed by atoms with Gasteiger partial charge < -0.3 is 14.8 Å². The van der Waals surface area contributed by atoms with Gasteiger partial charge >= 0.3 is 5.97 Å². The fourth-order valence-electron chi connectivity index (χ4n) is 3.21. The minimum Gasteiger partial charge on any atom is -0.493 e. The monoisotopic (exact) mass is 397 g/mol. The zero-order chi connectivity index (χ0) is 21.2. The van der Waals surface area contributed by atoms with Gasteiger partial charge in [-0.1, -0.05) is 62.7 Å². The summed E-state index contributed by atoms with van der Waals surface area (Å²) < 4.78 is 10.7. The Bertz CT molecular complexity index is 773. The maximum absolute atomic E-state index is 12.9. The third kappa shape index (κ3) is 6.63. The lowest BCUT2D eigenvalue weighted by molar-refractivity contribution is -0.146. The van der Waals surface area contributed by atoms with Crippen molar-refractivity contribution in [2.45, 2.75) is 45.6 Å². The Morgan fingerprint density at radius 3 is 2.21 bits per heavy atom. The van der Waals surface area contributed by atoms with Gasteiger partial charge in [-0.2, -0.15) is 0 Å². The van der Waals surface area contributed by atoms with Crippen molar-refractivity contribution in [3.63, 3.8) is 0 Å². The summed E-state index contributed by atoms with van der Waals surface area (Å²) in [6.45, 7) is 6.84. The second-order valence-corrected chi connectivity index (χ2v) is 7.37. The van der Waals surface area contributed by atoms with Gasteiger partial charge in [-0.05, 0) is 42.5 Å². The summed E-state index contributed by atoms with van der Waals surface area (Å²) in [6, 6.07) is 16.5. The molecule has 2 aromatic rings. The van der Waals surface area contributed by atoms with Crippen LogP contribution >= 0.6 is 0 Å². The minimum absolute atomic E-state index is 0.224. The summed E-state index contributed by atoms with van der Waals surface area (Å²) in [5.41, 5.74) is 1.54. The van der Waals surface area contributed by atoms with Crippen LogP contribution in [0.5, 0.6) is 5.75 Å². The molecule has 0 saturated carbocycles. The maximum Gasteiger partial charge on any atom is 0.322 e. The quantitative estimate of drug-likeness (QED) is 0.469. The van der Waals surface area contributed by atoms with E-state index < -0.39 is 17.8 Å². The average molecular weight is 398 g/mol.